The van der Waals surface area contributed by atoms with Gasteiger partial charge in [-0.15, -0.1) is 0 Å². The van der Waals surface area contributed by atoms with Crippen molar-refractivity contribution in [3.63, 3.8) is 0 Å². The number of anilines is 1. The van der Waals surface area contributed by atoms with Gasteiger partial charge in [-0.1, -0.05) is 18.2 Å². The number of aromatic nitrogens is 3. The lowest BCUT2D eigenvalue weighted by Crippen LogP contribution is -2.13. The second-order valence-corrected chi connectivity index (χ2v) is 4.24. The Morgan fingerprint density at radius 3 is 2.81 bits per heavy atom. The number of amides is 1. The van der Waals surface area contributed by atoms with E-state index in [2.05, 4.69) is 32.0 Å². The highest BCUT2D eigenvalue weighted by molar-refractivity contribution is 6.11. The van der Waals surface area contributed by atoms with Crippen LogP contribution in [0.2, 0.25) is 0 Å². The molecule has 0 bridgehead atoms. The third kappa shape index (κ3) is 2.59. The molecule has 0 saturated carbocycles. The number of nitrogens with one attached hydrogen (secondary N) is 1. The van der Waals surface area contributed by atoms with E-state index in [1.165, 1.54) is 0 Å². The molecule has 0 unspecified atom stereocenters. The molecule has 6 nitrogen and oxygen atoms in total. The molecule has 0 saturated heterocycles. The SMILES string of the molecule is C=Nc1ncc2cccc(C(=O)Nc3ccccn3)c2n1. The highest BCUT2D eigenvalue weighted by Gasteiger charge is 2.12. The Morgan fingerprint density at radius 2 is 2.05 bits per heavy atom. The molecule has 2 aromatic heterocycles. The minimum Gasteiger partial charge on any atom is -0.306 e. The van der Waals surface area contributed by atoms with Crippen molar-refractivity contribution in [3.8, 4) is 0 Å². The number of hydrogen-bond donors (Lipinski definition) is 1. The summed E-state index contributed by atoms with van der Waals surface area (Å²) in [6.07, 6.45) is 3.23. The number of carbonyl (C=O) groups is 1. The smallest absolute Gasteiger partial charge is 0.259 e. The third-order valence-corrected chi connectivity index (χ3v) is 2.89. The highest BCUT2D eigenvalue weighted by Crippen LogP contribution is 2.19. The maximum atomic E-state index is 12.4. The van der Waals surface area contributed by atoms with Gasteiger partial charge in [0, 0.05) is 17.8 Å². The van der Waals surface area contributed by atoms with E-state index in [4.69, 9.17) is 0 Å². The van der Waals surface area contributed by atoms with Crippen LogP contribution >= 0.6 is 0 Å². The average Bonchev–Trinajstić information content (AvgIpc) is 2.54. The van der Waals surface area contributed by atoms with Gasteiger partial charge in [0.2, 0.25) is 5.95 Å². The summed E-state index contributed by atoms with van der Waals surface area (Å²) in [6, 6.07) is 10.6. The van der Waals surface area contributed by atoms with Crippen molar-refractivity contribution in [1.82, 2.24) is 15.0 Å². The van der Waals surface area contributed by atoms with Gasteiger partial charge in [-0.05, 0) is 24.9 Å². The first kappa shape index (κ1) is 12.9. The summed E-state index contributed by atoms with van der Waals surface area (Å²) in [6.45, 7) is 3.39. The first-order valence-corrected chi connectivity index (χ1v) is 6.23. The Bertz CT molecular complexity index is 817. The first-order valence-electron chi connectivity index (χ1n) is 6.23. The van der Waals surface area contributed by atoms with Gasteiger partial charge in [0.1, 0.15) is 5.82 Å². The molecule has 1 N–H and O–H groups in total. The van der Waals surface area contributed by atoms with Crippen molar-refractivity contribution in [1.29, 1.82) is 0 Å². The van der Waals surface area contributed by atoms with Crippen LogP contribution in [0.15, 0.2) is 53.8 Å². The van der Waals surface area contributed by atoms with E-state index < -0.39 is 0 Å². The van der Waals surface area contributed by atoms with Gasteiger partial charge in [0.25, 0.3) is 5.91 Å². The maximum absolute atomic E-state index is 12.4. The molecule has 3 aromatic rings. The molecular weight excluding hydrogens is 266 g/mol. The molecular formula is C15H11N5O. The van der Waals surface area contributed by atoms with Crippen molar-refractivity contribution in [2.45, 2.75) is 0 Å². The van der Waals surface area contributed by atoms with Crippen LogP contribution in [0.4, 0.5) is 11.8 Å². The van der Waals surface area contributed by atoms with Gasteiger partial charge >= 0.3 is 0 Å². The van der Waals surface area contributed by atoms with E-state index in [1.807, 2.05) is 6.07 Å². The van der Waals surface area contributed by atoms with Crippen molar-refractivity contribution in [2.24, 2.45) is 4.99 Å². The predicted octanol–water partition coefficient (Wildman–Crippen LogP) is 2.61. The van der Waals surface area contributed by atoms with Gasteiger partial charge in [-0.3, -0.25) is 4.79 Å². The second kappa shape index (κ2) is 5.46. The van der Waals surface area contributed by atoms with E-state index in [0.717, 1.165) is 5.39 Å². The minimum absolute atomic E-state index is 0.237. The fourth-order valence-electron chi connectivity index (χ4n) is 1.93. The number of rotatable bonds is 3. The number of benzene rings is 1. The highest BCUT2D eigenvalue weighted by atomic mass is 16.1. The Morgan fingerprint density at radius 1 is 1.14 bits per heavy atom. The average molecular weight is 277 g/mol. The first-order chi connectivity index (χ1) is 10.3. The van der Waals surface area contributed by atoms with Crippen LogP contribution in [-0.4, -0.2) is 27.6 Å². The zero-order valence-corrected chi connectivity index (χ0v) is 11.0. The Balaban J connectivity index is 2.03. The number of pyridine rings is 1. The van der Waals surface area contributed by atoms with E-state index >= 15 is 0 Å². The van der Waals surface area contributed by atoms with Crippen molar-refractivity contribution < 1.29 is 4.79 Å². The molecule has 102 valence electrons. The molecule has 0 fully saturated rings. The Hall–Kier alpha value is -3.15. The van der Waals surface area contributed by atoms with Crippen molar-refractivity contribution in [3.05, 3.63) is 54.4 Å². The normalized spacial score (nSPS) is 10.3. The van der Waals surface area contributed by atoms with E-state index in [9.17, 15) is 4.79 Å². The zero-order chi connectivity index (χ0) is 14.7. The third-order valence-electron chi connectivity index (χ3n) is 2.89. The Labute approximate surface area is 120 Å². The molecule has 0 radical (unpaired) electrons. The molecule has 0 atom stereocenters. The van der Waals surface area contributed by atoms with Gasteiger partial charge in [-0.25, -0.2) is 19.9 Å². The van der Waals surface area contributed by atoms with Gasteiger partial charge < -0.3 is 5.32 Å². The Kier molecular flexibility index (Phi) is 3.34. The summed E-state index contributed by atoms with van der Waals surface area (Å²) < 4.78 is 0. The molecule has 0 aliphatic rings. The fourth-order valence-corrected chi connectivity index (χ4v) is 1.93. The second-order valence-electron chi connectivity index (χ2n) is 4.24. The summed E-state index contributed by atoms with van der Waals surface area (Å²) in [4.78, 5) is 28.4. The van der Waals surface area contributed by atoms with E-state index in [1.54, 1.807) is 42.7 Å². The standard InChI is InChI=1S/C15H11N5O/c1-16-15-18-9-10-5-4-6-11(13(10)20-15)14(21)19-12-7-2-3-8-17-12/h2-9H,1H2,(H,17,19,21). The monoisotopic (exact) mass is 277 g/mol. The number of aliphatic imine (C=N–C) groups is 1. The summed E-state index contributed by atoms with van der Waals surface area (Å²) in [5.74, 6) is 0.434. The number of nitrogens with zero attached hydrogens (tertiary/aromatic N) is 4. The van der Waals surface area contributed by atoms with Gasteiger partial charge in [-0.2, -0.15) is 0 Å². The van der Waals surface area contributed by atoms with E-state index in [0.29, 0.717) is 16.9 Å². The lowest BCUT2D eigenvalue weighted by Gasteiger charge is -2.06. The van der Waals surface area contributed by atoms with Crippen LogP contribution in [0.5, 0.6) is 0 Å². The minimum atomic E-state index is -0.284. The molecule has 0 aliphatic heterocycles. The molecule has 21 heavy (non-hydrogen) atoms. The van der Waals surface area contributed by atoms with Gasteiger partial charge in [0.05, 0.1) is 11.1 Å². The summed E-state index contributed by atoms with van der Waals surface area (Å²) in [5, 5.41) is 3.49. The van der Waals surface area contributed by atoms with Crippen LogP contribution in [0, 0.1) is 0 Å². The largest absolute Gasteiger partial charge is 0.306 e. The molecule has 1 aromatic carbocycles. The maximum Gasteiger partial charge on any atom is 0.259 e. The summed E-state index contributed by atoms with van der Waals surface area (Å²) >= 11 is 0. The van der Waals surface area contributed by atoms with E-state index in [-0.39, 0.29) is 11.9 Å². The quantitative estimate of drug-likeness (QED) is 0.746. The van der Waals surface area contributed by atoms with Crippen LogP contribution in [-0.2, 0) is 0 Å². The number of fused-ring (bicyclic) bond motifs is 1. The number of para-hydroxylation sites is 1. The van der Waals surface area contributed by atoms with Crippen LogP contribution in [0.3, 0.4) is 0 Å². The fraction of sp³-hybridized carbons (Fsp3) is 0. The molecule has 6 heteroatoms. The topological polar surface area (TPSA) is 80.1 Å². The zero-order valence-electron chi connectivity index (χ0n) is 11.0. The number of carbonyl (C=O) groups excluding carboxylic acids is 1. The number of hydrogen-bond acceptors (Lipinski definition) is 5. The molecule has 3 rings (SSSR count). The lowest BCUT2D eigenvalue weighted by molar-refractivity contribution is 0.102. The molecule has 1 amide bonds. The van der Waals surface area contributed by atoms with Crippen LogP contribution < -0.4 is 5.32 Å². The summed E-state index contributed by atoms with van der Waals surface area (Å²) in [5.41, 5.74) is 0.966. The molecule has 0 aliphatic carbocycles. The van der Waals surface area contributed by atoms with Gasteiger partial charge in [0.15, 0.2) is 0 Å². The summed E-state index contributed by atoms with van der Waals surface area (Å²) in [7, 11) is 0. The van der Waals surface area contributed by atoms with Crippen molar-refractivity contribution >= 4 is 35.3 Å². The van der Waals surface area contributed by atoms with Crippen LogP contribution in [0.25, 0.3) is 10.9 Å². The van der Waals surface area contributed by atoms with Crippen molar-refractivity contribution in [2.75, 3.05) is 5.32 Å². The molecule has 0 spiro atoms. The molecule has 2 heterocycles. The predicted molar refractivity (Wildman–Crippen MR) is 80.9 cm³/mol. The lowest BCUT2D eigenvalue weighted by atomic mass is 10.1. The van der Waals surface area contributed by atoms with Crippen LogP contribution in [0.1, 0.15) is 10.4 Å².